The summed E-state index contributed by atoms with van der Waals surface area (Å²) in [7, 11) is 1.66. The smallest absolute Gasteiger partial charge is 0.241 e. The standard InChI is InChI=1S/C19H26N4O2S2/c1-25-17-6-4-3-5-13(17)15-11-22-8-9-23(19(24)14(20)12-26)16(7-10-27-2)18(22)21-15/h3-6,11,14,16,26H,7-10,12,20H2,1-2H3. The number of thioether (sulfide) groups is 1. The van der Waals surface area contributed by atoms with Crippen LogP contribution in [0, 0.1) is 0 Å². The minimum atomic E-state index is -0.583. The van der Waals surface area contributed by atoms with Crippen LogP contribution in [0.1, 0.15) is 18.3 Å². The first kappa shape index (κ1) is 20.1. The number of nitrogens with zero attached hydrogens (tertiary/aromatic N) is 3. The summed E-state index contributed by atoms with van der Waals surface area (Å²) in [6.45, 7) is 1.34. The largest absolute Gasteiger partial charge is 0.496 e. The van der Waals surface area contributed by atoms with Crippen molar-refractivity contribution >= 4 is 30.3 Å². The molecule has 6 nitrogen and oxygen atoms in total. The number of carbonyl (C=O) groups is 1. The fraction of sp³-hybridized carbons (Fsp3) is 0.474. The van der Waals surface area contributed by atoms with Gasteiger partial charge in [-0.05, 0) is 30.6 Å². The Morgan fingerprint density at radius 2 is 2.22 bits per heavy atom. The van der Waals surface area contributed by atoms with Crippen LogP contribution < -0.4 is 10.5 Å². The number of methoxy groups -OCH3 is 1. The van der Waals surface area contributed by atoms with E-state index in [2.05, 4.69) is 29.6 Å². The van der Waals surface area contributed by atoms with Crippen molar-refractivity contribution in [2.45, 2.75) is 25.0 Å². The summed E-state index contributed by atoms with van der Waals surface area (Å²) in [5, 5.41) is 0. The van der Waals surface area contributed by atoms with E-state index in [1.54, 1.807) is 18.9 Å². The molecule has 0 saturated heterocycles. The number of ether oxygens (including phenoxy) is 1. The third kappa shape index (κ3) is 4.12. The van der Waals surface area contributed by atoms with Crippen LogP contribution in [-0.2, 0) is 11.3 Å². The van der Waals surface area contributed by atoms with Gasteiger partial charge < -0.3 is 19.9 Å². The minimum absolute atomic E-state index is 0.0517. The zero-order valence-electron chi connectivity index (χ0n) is 15.7. The first-order chi connectivity index (χ1) is 13.1. The van der Waals surface area contributed by atoms with Crippen molar-refractivity contribution in [2.75, 3.05) is 31.4 Å². The number of thiol groups is 1. The number of fused-ring (bicyclic) bond motifs is 1. The highest BCUT2D eigenvalue weighted by Crippen LogP contribution is 2.34. The van der Waals surface area contributed by atoms with Gasteiger partial charge >= 0.3 is 0 Å². The highest BCUT2D eigenvalue weighted by atomic mass is 32.2. The van der Waals surface area contributed by atoms with Crippen molar-refractivity contribution in [1.82, 2.24) is 14.5 Å². The van der Waals surface area contributed by atoms with Gasteiger partial charge in [-0.1, -0.05) is 12.1 Å². The van der Waals surface area contributed by atoms with Crippen LogP contribution in [0.3, 0.4) is 0 Å². The predicted molar refractivity (Wildman–Crippen MR) is 113 cm³/mol. The molecule has 0 radical (unpaired) electrons. The molecule has 1 aromatic heterocycles. The molecule has 0 spiro atoms. The van der Waals surface area contributed by atoms with Gasteiger partial charge in [0, 0.05) is 30.6 Å². The first-order valence-electron chi connectivity index (χ1n) is 8.97. The number of imidazole rings is 1. The first-order valence-corrected chi connectivity index (χ1v) is 11.0. The number of benzene rings is 1. The lowest BCUT2D eigenvalue weighted by Crippen LogP contribution is -2.50. The summed E-state index contributed by atoms with van der Waals surface area (Å²) in [5.41, 5.74) is 7.80. The van der Waals surface area contributed by atoms with E-state index in [0.717, 1.165) is 35.0 Å². The van der Waals surface area contributed by atoms with Crippen LogP contribution in [0.4, 0.5) is 0 Å². The van der Waals surface area contributed by atoms with E-state index < -0.39 is 6.04 Å². The number of amides is 1. The molecule has 27 heavy (non-hydrogen) atoms. The molecule has 2 aromatic rings. The number of nitrogens with two attached hydrogens (primary N) is 1. The van der Waals surface area contributed by atoms with Crippen molar-refractivity contribution in [3.05, 3.63) is 36.3 Å². The molecule has 1 aliphatic heterocycles. The molecular weight excluding hydrogens is 380 g/mol. The van der Waals surface area contributed by atoms with Gasteiger partial charge in [0.1, 0.15) is 11.6 Å². The van der Waals surface area contributed by atoms with Crippen LogP contribution in [0.25, 0.3) is 11.3 Å². The highest BCUT2D eigenvalue weighted by Gasteiger charge is 2.34. The Kier molecular flexibility index (Phi) is 6.73. The second kappa shape index (κ2) is 9.03. The highest BCUT2D eigenvalue weighted by molar-refractivity contribution is 7.98. The van der Waals surface area contributed by atoms with Crippen molar-refractivity contribution in [3.63, 3.8) is 0 Å². The van der Waals surface area contributed by atoms with Gasteiger partial charge in [-0.2, -0.15) is 24.4 Å². The number of hydrogen-bond acceptors (Lipinski definition) is 6. The molecule has 0 aliphatic carbocycles. The van der Waals surface area contributed by atoms with Crippen LogP contribution in [-0.4, -0.2) is 57.8 Å². The summed E-state index contributed by atoms with van der Waals surface area (Å²) in [4.78, 5) is 19.6. The second-order valence-corrected chi connectivity index (χ2v) is 7.85. The fourth-order valence-electron chi connectivity index (χ4n) is 3.44. The molecule has 3 rings (SSSR count). The maximum Gasteiger partial charge on any atom is 0.241 e. The molecule has 2 unspecified atom stereocenters. The van der Waals surface area contributed by atoms with E-state index in [1.807, 2.05) is 29.2 Å². The topological polar surface area (TPSA) is 73.4 Å². The number of rotatable bonds is 7. The van der Waals surface area contributed by atoms with E-state index in [9.17, 15) is 4.79 Å². The summed E-state index contributed by atoms with van der Waals surface area (Å²) < 4.78 is 7.64. The Morgan fingerprint density at radius 3 is 2.93 bits per heavy atom. The molecular formula is C19H26N4O2S2. The molecule has 2 N–H and O–H groups in total. The second-order valence-electron chi connectivity index (χ2n) is 6.50. The van der Waals surface area contributed by atoms with E-state index in [0.29, 0.717) is 18.8 Å². The number of carbonyl (C=O) groups excluding carboxylic acids is 1. The van der Waals surface area contributed by atoms with Gasteiger partial charge in [-0.25, -0.2) is 4.98 Å². The Morgan fingerprint density at radius 1 is 1.44 bits per heavy atom. The maximum atomic E-state index is 12.8. The number of hydrogen-bond donors (Lipinski definition) is 2. The lowest BCUT2D eigenvalue weighted by molar-refractivity contribution is -0.135. The molecule has 0 saturated carbocycles. The molecule has 0 fully saturated rings. The van der Waals surface area contributed by atoms with Crippen molar-refractivity contribution in [3.8, 4) is 17.0 Å². The summed E-state index contributed by atoms with van der Waals surface area (Å²) >= 11 is 5.96. The molecule has 1 aliphatic rings. The summed E-state index contributed by atoms with van der Waals surface area (Å²) in [6, 6.07) is 7.19. The quantitative estimate of drug-likeness (QED) is 0.691. The van der Waals surface area contributed by atoms with Gasteiger partial charge in [0.2, 0.25) is 5.91 Å². The molecule has 146 valence electrons. The summed E-state index contributed by atoms with van der Waals surface area (Å²) in [6.07, 6.45) is 4.97. The molecule has 8 heteroatoms. The number of para-hydroxylation sites is 1. The average Bonchev–Trinajstić information content (AvgIpc) is 3.15. The Labute approximate surface area is 169 Å². The van der Waals surface area contributed by atoms with Gasteiger partial charge in [-0.3, -0.25) is 4.79 Å². The van der Waals surface area contributed by atoms with E-state index in [-0.39, 0.29) is 11.9 Å². The SMILES string of the molecule is COc1ccccc1-c1cn2c(n1)C(CCSC)N(C(=O)C(N)CS)CC2. The normalized spacial score (nSPS) is 17.5. The van der Waals surface area contributed by atoms with Crippen LogP contribution in [0.15, 0.2) is 30.5 Å². The third-order valence-corrected chi connectivity index (χ3v) is 5.88. The van der Waals surface area contributed by atoms with Crippen molar-refractivity contribution in [2.24, 2.45) is 5.73 Å². The monoisotopic (exact) mass is 406 g/mol. The van der Waals surface area contributed by atoms with Gasteiger partial charge in [0.05, 0.1) is 24.9 Å². The minimum Gasteiger partial charge on any atom is -0.496 e. The van der Waals surface area contributed by atoms with E-state index in [1.165, 1.54) is 0 Å². The molecule has 2 atom stereocenters. The van der Waals surface area contributed by atoms with E-state index >= 15 is 0 Å². The fourth-order valence-corrected chi connectivity index (χ4v) is 4.06. The van der Waals surface area contributed by atoms with Crippen LogP contribution in [0.2, 0.25) is 0 Å². The van der Waals surface area contributed by atoms with Gasteiger partial charge in [0.15, 0.2) is 0 Å². The Bertz CT molecular complexity index is 796. The van der Waals surface area contributed by atoms with Crippen LogP contribution in [0.5, 0.6) is 5.75 Å². The number of aromatic nitrogens is 2. The summed E-state index contributed by atoms with van der Waals surface area (Å²) in [5.74, 6) is 2.94. The van der Waals surface area contributed by atoms with Crippen molar-refractivity contribution < 1.29 is 9.53 Å². The van der Waals surface area contributed by atoms with Gasteiger partial charge in [-0.15, -0.1) is 0 Å². The maximum absolute atomic E-state index is 12.8. The third-order valence-electron chi connectivity index (χ3n) is 4.84. The van der Waals surface area contributed by atoms with Gasteiger partial charge in [0.25, 0.3) is 0 Å². The Hall–Kier alpha value is -1.64. The molecule has 1 amide bonds. The predicted octanol–water partition coefficient (Wildman–Crippen LogP) is 2.45. The molecule has 0 bridgehead atoms. The lowest BCUT2D eigenvalue weighted by Gasteiger charge is -2.37. The van der Waals surface area contributed by atoms with Crippen molar-refractivity contribution in [1.29, 1.82) is 0 Å². The zero-order valence-corrected chi connectivity index (χ0v) is 17.4. The lowest BCUT2D eigenvalue weighted by atomic mass is 10.1. The van der Waals surface area contributed by atoms with E-state index in [4.69, 9.17) is 15.5 Å². The zero-order chi connectivity index (χ0) is 19.4. The molecule has 1 aromatic carbocycles. The van der Waals surface area contributed by atoms with Crippen LogP contribution >= 0.6 is 24.4 Å². The Balaban J connectivity index is 1.98. The molecule has 2 heterocycles. The average molecular weight is 407 g/mol.